The molecule has 134 valence electrons. The van der Waals surface area contributed by atoms with Crippen LogP contribution in [0.1, 0.15) is 41.7 Å². The zero-order chi connectivity index (χ0) is 17.8. The van der Waals surface area contributed by atoms with Crippen LogP contribution in [0.15, 0.2) is 30.0 Å². The van der Waals surface area contributed by atoms with Gasteiger partial charge in [0.05, 0.1) is 0 Å². The maximum absolute atomic E-state index is 12.3. The summed E-state index contributed by atoms with van der Waals surface area (Å²) in [5.74, 6) is 0.934. The highest BCUT2D eigenvalue weighted by Crippen LogP contribution is 2.23. The van der Waals surface area contributed by atoms with Crippen molar-refractivity contribution in [3.05, 3.63) is 41.3 Å². The topological polar surface area (TPSA) is 106 Å². The van der Waals surface area contributed by atoms with Crippen molar-refractivity contribution >= 4 is 17.2 Å². The maximum atomic E-state index is 12.3. The lowest BCUT2D eigenvalue weighted by Gasteiger charge is -2.12. The number of hydrogen-bond acceptors (Lipinski definition) is 7. The van der Waals surface area contributed by atoms with Crippen LogP contribution in [0, 0.1) is 0 Å². The van der Waals surface area contributed by atoms with E-state index in [1.54, 1.807) is 11.6 Å². The highest BCUT2D eigenvalue weighted by atomic mass is 32.1. The van der Waals surface area contributed by atoms with E-state index in [-0.39, 0.29) is 12.0 Å². The number of rotatable bonds is 6. The minimum Gasteiger partial charge on any atom is -0.474 e. The molecule has 1 aliphatic carbocycles. The second-order valence-electron chi connectivity index (χ2n) is 6.08. The van der Waals surface area contributed by atoms with Crippen molar-refractivity contribution in [2.45, 2.75) is 38.3 Å². The number of pyridine rings is 1. The number of carbonyl (C=O) groups excluding carboxylic acids is 1. The summed E-state index contributed by atoms with van der Waals surface area (Å²) in [6.07, 6.45) is 7.97. The number of thiazole rings is 1. The molecule has 0 bridgehead atoms. The van der Waals surface area contributed by atoms with Crippen molar-refractivity contribution in [2.24, 2.45) is 0 Å². The van der Waals surface area contributed by atoms with E-state index >= 15 is 0 Å². The number of ether oxygens (including phenoxy) is 1. The van der Waals surface area contributed by atoms with E-state index in [0.717, 1.165) is 18.4 Å². The first-order valence-corrected chi connectivity index (χ1v) is 9.37. The summed E-state index contributed by atoms with van der Waals surface area (Å²) in [7, 11) is 0. The average molecular weight is 370 g/mol. The Morgan fingerprint density at radius 3 is 3.04 bits per heavy atom. The van der Waals surface area contributed by atoms with Crippen LogP contribution in [0.2, 0.25) is 0 Å². The van der Waals surface area contributed by atoms with Crippen molar-refractivity contribution in [3.63, 3.8) is 0 Å². The summed E-state index contributed by atoms with van der Waals surface area (Å²) in [5.41, 5.74) is 1.30. The van der Waals surface area contributed by atoms with Crippen LogP contribution in [0.4, 0.5) is 0 Å². The van der Waals surface area contributed by atoms with E-state index in [9.17, 15) is 4.79 Å². The first kappa shape index (κ1) is 16.6. The van der Waals surface area contributed by atoms with Crippen LogP contribution in [-0.4, -0.2) is 37.2 Å². The number of aromatic amines is 1. The molecule has 0 spiro atoms. The number of aromatic nitrogens is 5. The van der Waals surface area contributed by atoms with Crippen molar-refractivity contribution in [1.82, 2.24) is 30.5 Å². The summed E-state index contributed by atoms with van der Waals surface area (Å²) >= 11 is 1.34. The highest BCUT2D eigenvalue weighted by Gasteiger charge is 2.17. The van der Waals surface area contributed by atoms with Gasteiger partial charge in [0.15, 0.2) is 10.8 Å². The van der Waals surface area contributed by atoms with E-state index in [0.29, 0.717) is 29.0 Å². The third-order valence-electron chi connectivity index (χ3n) is 4.20. The molecule has 2 N–H and O–H groups in total. The molecule has 1 aliphatic rings. The Labute approximate surface area is 154 Å². The van der Waals surface area contributed by atoms with Gasteiger partial charge in [0, 0.05) is 24.2 Å². The average Bonchev–Trinajstić information content (AvgIpc) is 3.41. The van der Waals surface area contributed by atoms with Crippen LogP contribution in [0.3, 0.4) is 0 Å². The molecule has 0 saturated heterocycles. The first-order chi connectivity index (χ1) is 12.8. The summed E-state index contributed by atoms with van der Waals surface area (Å²) in [6, 6.07) is 3.74. The highest BCUT2D eigenvalue weighted by molar-refractivity contribution is 7.13. The minimum atomic E-state index is -0.234. The zero-order valence-corrected chi connectivity index (χ0v) is 14.8. The van der Waals surface area contributed by atoms with E-state index in [1.807, 2.05) is 12.1 Å². The standard InChI is InChI=1S/C17H18N6O2S/c24-16(13-9-26-17(22-13)15-20-10-21-23-15)19-8-11-5-6-18-14(7-11)25-12-3-1-2-4-12/h5-7,9-10,12H,1-4,8H2,(H,19,24)(H,20,21,23). The van der Waals surface area contributed by atoms with Gasteiger partial charge in [-0.25, -0.2) is 15.0 Å². The Hall–Kier alpha value is -2.81. The van der Waals surface area contributed by atoms with Gasteiger partial charge in [0.2, 0.25) is 5.88 Å². The van der Waals surface area contributed by atoms with Crippen LogP contribution >= 0.6 is 11.3 Å². The Balaban J connectivity index is 1.35. The van der Waals surface area contributed by atoms with Crippen LogP contribution in [-0.2, 0) is 6.54 Å². The van der Waals surface area contributed by atoms with Gasteiger partial charge < -0.3 is 10.1 Å². The van der Waals surface area contributed by atoms with Gasteiger partial charge in [-0.1, -0.05) is 0 Å². The minimum absolute atomic E-state index is 0.234. The Bertz CT molecular complexity index is 873. The quantitative estimate of drug-likeness (QED) is 0.691. The Kier molecular flexibility index (Phi) is 4.87. The largest absolute Gasteiger partial charge is 0.474 e. The number of nitrogens with zero attached hydrogens (tertiary/aromatic N) is 4. The monoisotopic (exact) mass is 370 g/mol. The normalized spacial score (nSPS) is 14.5. The molecular weight excluding hydrogens is 352 g/mol. The molecule has 9 heteroatoms. The third kappa shape index (κ3) is 3.88. The molecule has 8 nitrogen and oxygen atoms in total. The zero-order valence-electron chi connectivity index (χ0n) is 14.0. The number of carbonyl (C=O) groups is 1. The van der Waals surface area contributed by atoms with Gasteiger partial charge in [-0.3, -0.25) is 9.89 Å². The van der Waals surface area contributed by atoms with Gasteiger partial charge in [-0.05, 0) is 37.3 Å². The van der Waals surface area contributed by atoms with E-state index < -0.39 is 0 Å². The first-order valence-electron chi connectivity index (χ1n) is 8.49. The second-order valence-corrected chi connectivity index (χ2v) is 6.94. The van der Waals surface area contributed by atoms with Crippen LogP contribution < -0.4 is 10.1 Å². The van der Waals surface area contributed by atoms with E-state index in [1.165, 1.54) is 30.5 Å². The molecule has 0 radical (unpaired) electrons. The molecule has 1 fully saturated rings. The SMILES string of the molecule is O=C(NCc1ccnc(OC2CCCC2)c1)c1csc(-c2ncn[nH]2)n1. The lowest BCUT2D eigenvalue weighted by Crippen LogP contribution is -2.23. The summed E-state index contributed by atoms with van der Waals surface area (Å²) in [4.78, 5) is 24.9. The molecule has 3 heterocycles. The summed E-state index contributed by atoms with van der Waals surface area (Å²) in [6.45, 7) is 0.386. The molecule has 0 aliphatic heterocycles. The smallest absolute Gasteiger partial charge is 0.271 e. The fraction of sp³-hybridized carbons (Fsp3) is 0.353. The van der Waals surface area contributed by atoms with Crippen molar-refractivity contribution in [3.8, 4) is 16.7 Å². The summed E-state index contributed by atoms with van der Waals surface area (Å²) < 4.78 is 5.90. The maximum Gasteiger partial charge on any atom is 0.271 e. The summed E-state index contributed by atoms with van der Waals surface area (Å²) in [5, 5.41) is 11.7. The fourth-order valence-electron chi connectivity index (χ4n) is 2.87. The van der Waals surface area contributed by atoms with Gasteiger partial charge in [-0.2, -0.15) is 5.10 Å². The van der Waals surface area contributed by atoms with Gasteiger partial charge in [0.25, 0.3) is 5.91 Å². The number of H-pyrrole nitrogens is 1. The van der Waals surface area contributed by atoms with Gasteiger partial charge in [0.1, 0.15) is 18.1 Å². The van der Waals surface area contributed by atoms with Crippen molar-refractivity contribution < 1.29 is 9.53 Å². The van der Waals surface area contributed by atoms with E-state index in [4.69, 9.17) is 4.74 Å². The molecule has 4 rings (SSSR count). The Morgan fingerprint density at radius 1 is 1.35 bits per heavy atom. The lowest BCUT2D eigenvalue weighted by atomic mass is 10.2. The van der Waals surface area contributed by atoms with Gasteiger partial charge in [-0.15, -0.1) is 11.3 Å². The molecule has 0 atom stereocenters. The number of amides is 1. The molecule has 1 saturated carbocycles. The molecule has 1 amide bonds. The van der Waals surface area contributed by atoms with Crippen LogP contribution in [0.5, 0.6) is 5.88 Å². The molecule has 26 heavy (non-hydrogen) atoms. The van der Waals surface area contributed by atoms with E-state index in [2.05, 4.69) is 30.5 Å². The molecular formula is C17H18N6O2S. The predicted molar refractivity (Wildman–Crippen MR) is 95.8 cm³/mol. The molecule has 3 aromatic rings. The van der Waals surface area contributed by atoms with Crippen molar-refractivity contribution in [1.29, 1.82) is 0 Å². The van der Waals surface area contributed by atoms with Gasteiger partial charge >= 0.3 is 0 Å². The number of hydrogen-bond donors (Lipinski definition) is 2. The predicted octanol–water partition coefficient (Wildman–Crippen LogP) is 2.57. The molecule has 0 unspecified atom stereocenters. The number of nitrogens with one attached hydrogen (secondary N) is 2. The Morgan fingerprint density at radius 2 is 2.23 bits per heavy atom. The van der Waals surface area contributed by atoms with Crippen LogP contribution in [0.25, 0.3) is 10.8 Å². The third-order valence-corrected chi connectivity index (χ3v) is 5.05. The van der Waals surface area contributed by atoms with Crippen molar-refractivity contribution in [2.75, 3.05) is 0 Å². The molecule has 3 aromatic heterocycles. The second kappa shape index (κ2) is 7.61. The molecule has 0 aromatic carbocycles. The fourth-order valence-corrected chi connectivity index (χ4v) is 3.61. The lowest BCUT2D eigenvalue weighted by molar-refractivity contribution is 0.0946.